The van der Waals surface area contributed by atoms with Crippen LogP contribution in [0.4, 0.5) is 0 Å². The molecule has 3 aromatic rings. The number of rotatable bonds is 10. The molecule has 0 spiro atoms. The minimum atomic E-state index is 0.799. The van der Waals surface area contributed by atoms with E-state index in [1.807, 2.05) is 0 Å². The molecule has 0 heterocycles. The van der Waals surface area contributed by atoms with Gasteiger partial charge in [0.15, 0.2) is 0 Å². The molecule has 0 N–H and O–H groups in total. The van der Waals surface area contributed by atoms with Crippen molar-refractivity contribution in [3.8, 4) is 11.1 Å². The average molecular weight is 439 g/mol. The molecule has 0 aliphatic heterocycles. The monoisotopic (exact) mass is 438 g/mol. The Hall–Kier alpha value is -1.76. The molecule has 0 aliphatic rings. The van der Waals surface area contributed by atoms with Crippen LogP contribution in [0.25, 0.3) is 11.1 Å². The quantitative estimate of drug-likeness (QED) is 0.276. The molecular weight excluding hydrogens is 407 g/mol. The summed E-state index contributed by atoms with van der Waals surface area (Å²) < 4.78 is 0. The Kier molecular flexibility index (Phi) is 8.85. The Morgan fingerprint density at radius 3 is 1.53 bits per heavy atom. The minimum Gasteiger partial charge on any atom is -0.0840 e. The van der Waals surface area contributed by atoms with Gasteiger partial charge < -0.3 is 0 Å². The van der Waals surface area contributed by atoms with E-state index in [0.29, 0.717) is 0 Å². The molecular formula is C28H32Cl2. The largest absolute Gasteiger partial charge is 0.0840 e. The molecule has 0 nitrogen and oxygen atoms in total. The lowest BCUT2D eigenvalue weighted by atomic mass is 9.98. The van der Waals surface area contributed by atoms with E-state index in [1.165, 1.54) is 53.5 Å². The van der Waals surface area contributed by atoms with Crippen molar-refractivity contribution in [2.24, 2.45) is 0 Å². The number of unbranched alkanes of at least 4 members (excludes halogenated alkanes) is 2. The van der Waals surface area contributed by atoms with Gasteiger partial charge in [0.2, 0.25) is 0 Å². The number of benzene rings is 3. The summed E-state index contributed by atoms with van der Waals surface area (Å²) in [7, 11) is 0. The van der Waals surface area contributed by atoms with Gasteiger partial charge in [0, 0.05) is 10.0 Å². The van der Waals surface area contributed by atoms with Crippen LogP contribution in [0.1, 0.15) is 61.8 Å². The number of halogens is 2. The van der Waals surface area contributed by atoms with Gasteiger partial charge in [0.05, 0.1) is 0 Å². The van der Waals surface area contributed by atoms with Gasteiger partial charge in [-0.2, -0.15) is 0 Å². The number of hydrogen-bond donors (Lipinski definition) is 0. The summed E-state index contributed by atoms with van der Waals surface area (Å²) in [6.07, 6.45) is 8.95. The summed E-state index contributed by atoms with van der Waals surface area (Å²) in [4.78, 5) is 0. The molecule has 158 valence electrons. The Morgan fingerprint density at radius 2 is 1.03 bits per heavy atom. The van der Waals surface area contributed by atoms with Gasteiger partial charge in [0.25, 0.3) is 0 Å². The summed E-state index contributed by atoms with van der Waals surface area (Å²) in [5.74, 6) is 0. The van der Waals surface area contributed by atoms with Gasteiger partial charge in [-0.25, -0.2) is 0 Å². The van der Waals surface area contributed by atoms with E-state index in [1.54, 1.807) is 0 Å². The molecule has 0 saturated heterocycles. The number of aryl methyl sites for hydroxylation is 3. The molecule has 0 atom stereocenters. The van der Waals surface area contributed by atoms with Crippen LogP contribution in [0.3, 0.4) is 0 Å². The molecule has 0 bridgehead atoms. The minimum absolute atomic E-state index is 0.799. The van der Waals surface area contributed by atoms with E-state index in [0.717, 1.165) is 41.3 Å². The van der Waals surface area contributed by atoms with Crippen molar-refractivity contribution in [2.75, 3.05) is 0 Å². The molecule has 3 rings (SSSR count). The maximum absolute atomic E-state index is 6.45. The first-order chi connectivity index (χ1) is 14.6. The summed E-state index contributed by atoms with van der Waals surface area (Å²) in [5.41, 5.74) is 7.60. The van der Waals surface area contributed by atoms with Crippen molar-refractivity contribution in [1.82, 2.24) is 0 Å². The lowest BCUT2D eigenvalue weighted by Crippen LogP contribution is -1.95. The smallest absolute Gasteiger partial charge is 0.0455 e. The van der Waals surface area contributed by atoms with Gasteiger partial charge in [0.1, 0.15) is 0 Å². The van der Waals surface area contributed by atoms with Crippen molar-refractivity contribution in [2.45, 2.75) is 65.2 Å². The fourth-order valence-electron chi connectivity index (χ4n) is 3.88. The van der Waals surface area contributed by atoms with Crippen LogP contribution in [0.2, 0.25) is 10.0 Å². The molecule has 30 heavy (non-hydrogen) atoms. The van der Waals surface area contributed by atoms with Crippen LogP contribution in [-0.4, -0.2) is 0 Å². The highest BCUT2D eigenvalue weighted by Gasteiger charge is 2.08. The molecule has 0 aliphatic carbocycles. The van der Waals surface area contributed by atoms with Crippen molar-refractivity contribution in [3.63, 3.8) is 0 Å². The van der Waals surface area contributed by atoms with E-state index in [4.69, 9.17) is 23.2 Å². The zero-order valence-electron chi connectivity index (χ0n) is 18.2. The fourth-order valence-corrected chi connectivity index (χ4v) is 4.61. The molecule has 3 aromatic carbocycles. The third-order valence-corrected chi connectivity index (χ3v) is 6.39. The zero-order valence-corrected chi connectivity index (χ0v) is 19.7. The predicted molar refractivity (Wildman–Crippen MR) is 133 cm³/mol. The van der Waals surface area contributed by atoms with Gasteiger partial charge in [-0.05, 0) is 77.6 Å². The highest BCUT2D eigenvalue weighted by atomic mass is 35.5. The van der Waals surface area contributed by atoms with Crippen molar-refractivity contribution in [3.05, 3.63) is 93.0 Å². The summed E-state index contributed by atoms with van der Waals surface area (Å²) in [6, 6.07) is 22.1. The first-order valence-corrected chi connectivity index (χ1v) is 12.0. The van der Waals surface area contributed by atoms with Crippen LogP contribution in [0.15, 0.2) is 60.7 Å². The maximum Gasteiger partial charge on any atom is 0.0455 e. The molecule has 0 radical (unpaired) electrons. The Balaban J connectivity index is 1.59. The van der Waals surface area contributed by atoms with Crippen molar-refractivity contribution < 1.29 is 0 Å². The van der Waals surface area contributed by atoms with Crippen LogP contribution in [0, 0.1) is 0 Å². The number of hydrogen-bond acceptors (Lipinski definition) is 0. The van der Waals surface area contributed by atoms with Crippen LogP contribution >= 0.6 is 23.2 Å². The highest BCUT2D eigenvalue weighted by molar-refractivity contribution is 6.36. The average Bonchev–Trinajstić information content (AvgIpc) is 2.76. The molecule has 0 aromatic heterocycles. The fraction of sp³-hybridized carbons (Fsp3) is 0.357. The van der Waals surface area contributed by atoms with Gasteiger partial charge in [-0.3, -0.25) is 0 Å². The van der Waals surface area contributed by atoms with Gasteiger partial charge in [-0.15, -0.1) is 0 Å². The zero-order chi connectivity index (χ0) is 21.3. The Morgan fingerprint density at radius 1 is 0.533 bits per heavy atom. The SMILES string of the molecule is CCCCCc1ccc(-c2ccc(CCc3cc(Cl)c(CCC)c(Cl)c3)cc2)cc1. The first-order valence-electron chi connectivity index (χ1n) is 11.3. The second kappa shape index (κ2) is 11.6. The molecule has 0 fully saturated rings. The Labute approximate surface area is 192 Å². The third kappa shape index (κ3) is 6.37. The lowest BCUT2D eigenvalue weighted by molar-refractivity contribution is 0.717. The molecule has 0 saturated carbocycles. The van der Waals surface area contributed by atoms with E-state index in [2.05, 4.69) is 74.5 Å². The van der Waals surface area contributed by atoms with Crippen LogP contribution in [0.5, 0.6) is 0 Å². The van der Waals surface area contributed by atoms with E-state index >= 15 is 0 Å². The summed E-state index contributed by atoms with van der Waals surface area (Å²) in [5, 5.41) is 1.60. The van der Waals surface area contributed by atoms with E-state index < -0.39 is 0 Å². The second-order valence-electron chi connectivity index (χ2n) is 8.14. The highest BCUT2D eigenvalue weighted by Crippen LogP contribution is 2.29. The lowest BCUT2D eigenvalue weighted by Gasteiger charge is -2.10. The normalized spacial score (nSPS) is 11.1. The summed E-state index contributed by atoms with van der Waals surface area (Å²) in [6.45, 7) is 4.40. The molecule has 0 amide bonds. The van der Waals surface area contributed by atoms with Crippen molar-refractivity contribution >= 4 is 23.2 Å². The maximum atomic E-state index is 6.45. The van der Waals surface area contributed by atoms with Gasteiger partial charge in [-0.1, -0.05) is 105 Å². The molecule has 0 unspecified atom stereocenters. The molecule has 2 heteroatoms. The van der Waals surface area contributed by atoms with Crippen molar-refractivity contribution in [1.29, 1.82) is 0 Å². The predicted octanol–water partition coefficient (Wildman–Crippen LogP) is 9.13. The summed E-state index contributed by atoms with van der Waals surface area (Å²) >= 11 is 12.9. The van der Waals surface area contributed by atoms with Crippen LogP contribution < -0.4 is 0 Å². The standard InChI is InChI=1S/C28H32Cl2/c1-3-5-6-8-21-11-15-24(16-12-21)25-17-13-22(14-18-25)9-10-23-19-27(29)26(7-4-2)28(30)20-23/h11-20H,3-10H2,1-2H3. The first kappa shape index (κ1) is 22.9. The van der Waals surface area contributed by atoms with E-state index in [-0.39, 0.29) is 0 Å². The van der Waals surface area contributed by atoms with Gasteiger partial charge >= 0.3 is 0 Å². The third-order valence-electron chi connectivity index (χ3n) is 5.71. The second-order valence-corrected chi connectivity index (χ2v) is 8.95. The topological polar surface area (TPSA) is 0 Å². The van der Waals surface area contributed by atoms with E-state index in [9.17, 15) is 0 Å². The van der Waals surface area contributed by atoms with Crippen LogP contribution in [-0.2, 0) is 25.7 Å². The Bertz CT molecular complexity index is 901.